The molecule has 1 rings (SSSR count). The molecule has 1 unspecified atom stereocenters. The highest BCUT2D eigenvalue weighted by Gasteiger charge is 2.34. The number of nitrogens with one attached hydrogen (secondary N) is 1. The van der Waals surface area contributed by atoms with E-state index in [1.807, 2.05) is 20.8 Å². The molecule has 0 bridgehead atoms. The van der Waals surface area contributed by atoms with Gasteiger partial charge in [-0.05, 0) is 20.8 Å². The molecule has 3 amide bonds. The van der Waals surface area contributed by atoms with Crippen LogP contribution in [0.5, 0.6) is 0 Å². The summed E-state index contributed by atoms with van der Waals surface area (Å²) in [6, 6.07) is -0.895. The second kappa shape index (κ2) is 6.01. The number of nitrogens with two attached hydrogens (primary N) is 1. The summed E-state index contributed by atoms with van der Waals surface area (Å²) < 4.78 is 4.94. The molecule has 0 aliphatic carbocycles. The van der Waals surface area contributed by atoms with Crippen LogP contribution in [-0.4, -0.2) is 54.5 Å². The predicted octanol–water partition coefficient (Wildman–Crippen LogP) is 0.0990. The number of rotatable bonds is 5. The van der Waals surface area contributed by atoms with Gasteiger partial charge in [0, 0.05) is 19.2 Å². The van der Waals surface area contributed by atoms with Crippen molar-refractivity contribution in [2.24, 2.45) is 10.7 Å². The van der Waals surface area contributed by atoms with Crippen LogP contribution in [0.1, 0.15) is 27.2 Å². The Labute approximate surface area is 113 Å². The molecule has 0 aromatic carbocycles. The first-order chi connectivity index (χ1) is 8.74. The normalized spacial score (nSPS) is 19.6. The van der Waals surface area contributed by atoms with Gasteiger partial charge in [0.05, 0.1) is 13.0 Å². The number of carbonyl (C=O) groups is 2. The van der Waals surface area contributed by atoms with Gasteiger partial charge < -0.3 is 20.7 Å². The summed E-state index contributed by atoms with van der Waals surface area (Å²) in [5.41, 5.74) is 5.39. The van der Waals surface area contributed by atoms with Crippen molar-refractivity contribution >= 4 is 17.8 Å². The molecule has 7 nitrogen and oxygen atoms in total. The third kappa shape index (κ3) is 4.51. The van der Waals surface area contributed by atoms with E-state index in [1.165, 1.54) is 4.90 Å². The highest BCUT2D eigenvalue weighted by Crippen LogP contribution is 2.14. The second-order valence-electron chi connectivity index (χ2n) is 5.52. The van der Waals surface area contributed by atoms with Gasteiger partial charge in [0.15, 0.2) is 0 Å². The van der Waals surface area contributed by atoms with Gasteiger partial charge in [0.1, 0.15) is 11.9 Å². The van der Waals surface area contributed by atoms with Crippen molar-refractivity contribution in [1.82, 2.24) is 10.2 Å². The van der Waals surface area contributed by atoms with Crippen LogP contribution >= 0.6 is 0 Å². The average molecular weight is 270 g/mol. The maximum absolute atomic E-state index is 11.9. The van der Waals surface area contributed by atoms with Crippen LogP contribution in [0.2, 0.25) is 0 Å². The minimum Gasteiger partial charge on any atom is -0.385 e. The monoisotopic (exact) mass is 270 g/mol. The van der Waals surface area contributed by atoms with Gasteiger partial charge in [-0.2, -0.15) is 4.99 Å². The van der Waals surface area contributed by atoms with E-state index in [1.54, 1.807) is 7.11 Å². The molecule has 3 N–H and O–H groups in total. The Morgan fingerprint density at radius 3 is 2.68 bits per heavy atom. The van der Waals surface area contributed by atoms with E-state index in [2.05, 4.69) is 10.3 Å². The Bertz CT molecular complexity index is 387. The standard InChI is InChI=1S/C12H22N4O3/c1-12(2,3)15-9(17)7-8-10(13)14-11(18)16(8)5-6-19-4/h8H,5-7H2,1-4H3,(H,15,17)(H2,13,14,18). The lowest BCUT2D eigenvalue weighted by molar-refractivity contribution is -0.123. The molecule has 1 heterocycles. The topological polar surface area (TPSA) is 97.0 Å². The first-order valence-electron chi connectivity index (χ1n) is 6.19. The van der Waals surface area contributed by atoms with Gasteiger partial charge in [0.2, 0.25) is 5.91 Å². The van der Waals surface area contributed by atoms with Crippen molar-refractivity contribution in [1.29, 1.82) is 0 Å². The number of amidine groups is 1. The van der Waals surface area contributed by atoms with Crippen LogP contribution in [0.25, 0.3) is 0 Å². The lowest BCUT2D eigenvalue weighted by atomic mass is 10.1. The number of hydrogen-bond acceptors (Lipinski definition) is 4. The van der Waals surface area contributed by atoms with Crippen LogP contribution in [0.15, 0.2) is 4.99 Å². The quantitative estimate of drug-likeness (QED) is 0.740. The predicted molar refractivity (Wildman–Crippen MR) is 71.9 cm³/mol. The smallest absolute Gasteiger partial charge is 0.345 e. The molecule has 1 aliphatic heterocycles. The van der Waals surface area contributed by atoms with Crippen LogP contribution in [0.4, 0.5) is 4.79 Å². The highest BCUT2D eigenvalue weighted by atomic mass is 16.5. The van der Waals surface area contributed by atoms with Crippen molar-refractivity contribution in [3.63, 3.8) is 0 Å². The van der Waals surface area contributed by atoms with Crippen LogP contribution in [-0.2, 0) is 9.53 Å². The van der Waals surface area contributed by atoms with Gasteiger partial charge in [-0.25, -0.2) is 4.79 Å². The average Bonchev–Trinajstić information content (AvgIpc) is 2.49. The summed E-state index contributed by atoms with van der Waals surface area (Å²) in [5, 5.41) is 2.84. The molecular formula is C12H22N4O3. The number of urea groups is 1. The highest BCUT2D eigenvalue weighted by molar-refractivity contribution is 6.04. The van der Waals surface area contributed by atoms with E-state index in [0.29, 0.717) is 13.2 Å². The molecule has 0 fully saturated rings. The molecule has 0 saturated heterocycles. The molecule has 0 saturated carbocycles. The number of hydrogen-bond donors (Lipinski definition) is 2. The van der Waals surface area contributed by atoms with Crippen LogP contribution in [0.3, 0.4) is 0 Å². The van der Waals surface area contributed by atoms with Gasteiger partial charge >= 0.3 is 6.03 Å². The molecule has 0 spiro atoms. The fourth-order valence-electron chi connectivity index (χ4n) is 1.84. The van der Waals surface area contributed by atoms with Gasteiger partial charge in [0.25, 0.3) is 0 Å². The molecule has 1 aliphatic rings. The third-order valence-electron chi connectivity index (χ3n) is 2.62. The number of methoxy groups -OCH3 is 1. The number of amides is 3. The summed E-state index contributed by atoms with van der Waals surface area (Å²) in [7, 11) is 1.55. The molecular weight excluding hydrogens is 248 g/mol. The first-order valence-corrected chi connectivity index (χ1v) is 6.19. The Morgan fingerprint density at radius 2 is 2.16 bits per heavy atom. The number of nitrogens with zero attached hydrogens (tertiary/aromatic N) is 2. The third-order valence-corrected chi connectivity index (χ3v) is 2.62. The SMILES string of the molecule is COCCN1C(=O)N=C(N)C1CC(=O)NC(C)(C)C. The van der Waals surface area contributed by atoms with E-state index in [-0.39, 0.29) is 23.7 Å². The molecule has 108 valence electrons. The zero-order chi connectivity index (χ0) is 14.6. The molecule has 0 aromatic rings. The molecule has 1 atom stereocenters. The summed E-state index contributed by atoms with van der Waals surface area (Å²) in [6.07, 6.45) is 0.113. The molecule has 7 heteroatoms. The summed E-state index contributed by atoms with van der Waals surface area (Å²) in [5.74, 6) is 0.0259. The minimum absolute atomic E-state index is 0.113. The largest absolute Gasteiger partial charge is 0.385 e. The van der Waals surface area contributed by atoms with Crippen molar-refractivity contribution in [2.45, 2.75) is 38.8 Å². The molecule has 0 radical (unpaired) electrons. The van der Waals surface area contributed by atoms with E-state index >= 15 is 0 Å². The number of ether oxygens (including phenoxy) is 1. The number of carbonyl (C=O) groups excluding carboxylic acids is 2. The van der Waals surface area contributed by atoms with Gasteiger partial charge in [-0.1, -0.05) is 0 Å². The first kappa shape index (κ1) is 15.4. The van der Waals surface area contributed by atoms with E-state index in [9.17, 15) is 9.59 Å². The fourth-order valence-corrected chi connectivity index (χ4v) is 1.84. The maximum atomic E-state index is 11.9. The van der Waals surface area contributed by atoms with E-state index < -0.39 is 12.1 Å². The zero-order valence-electron chi connectivity index (χ0n) is 11.9. The van der Waals surface area contributed by atoms with Crippen LogP contribution in [0, 0.1) is 0 Å². The maximum Gasteiger partial charge on any atom is 0.345 e. The van der Waals surface area contributed by atoms with Crippen molar-refractivity contribution in [3.8, 4) is 0 Å². The Morgan fingerprint density at radius 1 is 1.53 bits per heavy atom. The van der Waals surface area contributed by atoms with Crippen molar-refractivity contribution in [2.75, 3.05) is 20.3 Å². The Kier molecular flexibility index (Phi) is 4.88. The van der Waals surface area contributed by atoms with E-state index in [4.69, 9.17) is 10.5 Å². The minimum atomic E-state index is -0.481. The fraction of sp³-hybridized carbons (Fsp3) is 0.750. The summed E-state index contributed by atoms with van der Waals surface area (Å²) in [4.78, 5) is 28.7. The summed E-state index contributed by atoms with van der Waals surface area (Å²) in [6.45, 7) is 6.43. The molecule has 0 aromatic heterocycles. The van der Waals surface area contributed by atoms with Crippen LogP contribution < -0.4 is 11.1 Å². The van der Waals surface area contributed by atoms with Gasteiger partial charge in [-0.15, -0.1) is 0 Å². The Balaban J connectivity index is 2.65. The van der Waals surface area contributed by atoms with E-state index in [0.717, 1.165) is 0 Å². The lowest BCUT2D eigenvalue weighted by Gasteiger charge is -2.26. The van der Waals surface area contributed by atoms with Gasteiger partial charge in [-0.3, -0.25) is 4.79 Å². The van der Waals surface area contributed by atoms with Crippen molar-refractivity contribution in [3.05, 3.63) is 0 Å². The van der Waals surface area contributed by atoms with Crippen molar-refractivity contribution < 1.29 is 14.3 Å². The zero-order valence-corrected chi connectivity index (χ0v) is 11.9. The second-order valence-corrected chi connectivity index (χ2v) is 5.52. The molecule has 19 heavy (non-hydrogen) atoms. The Hall–Kier alpha value is -1.63. The summed E-state index contributed by atoms with van der Waals surface area (Å²) >= 11 is 0. The number of aliphatic imine (C=N–C) groups is 1. The lowest BCUT2D eigenvalue weighted by Crippen LogP contribution is -2.48.